The summed E-state index contributed by atoms with van der Waals surface area (Å²) in [5.74, 6) is -3.27. The van der Waals surface area contributed by atoms with Crippen molar-refractivity contribution in [3.63, 3.8) is 0 Å². The molecule has 0 aromatic heterocycles. The lowest BCUT2D eigenvalue weighted by Gasteiger charge is -2.18. The summed E-state index contributed by atoms with van der Waals surface area (Å²) in [6.45, 7) is 0. The molecule has 2 amide bonds. The number of fused-ring (bicyclic) bond motifs is 1. The standard InChI is InChI=1S/C16H8F3NO4/c17-16(18,19)8-5-6-11(15(23)24)12(7-8)20-13(21)9-3-1-2-4-10(9)14(20)22/h1-7H,(H,23,24). The van der Waals surface area contributed by atoms with Gasteiger partial charge in [0.1, 0.15) is 0 Å². The molecule has 0 fully saturated rings. The molecule has 8 heteroatoms. The summed E-state index contributed by atoms with van der Waals surface area (Å²) in [6, 6.07) is 7.50. The zero-order valence-corrected chi connectivity index (χ0v) is 11.8. The Bertz CT molecular complexity index is 854. The van der Waals surface area contributed by atoms with Crippen molar-refractivity contribution in [3.8, 4) is 0 Å². The highest BCUT2D eigenvalue weighted by Gasteiger charge is 2.40. The highest BCUT2D eigenvalue weighted by molar-refractivity contribution is 6.35. The highest BCUT2D eigenvalue weighted by Crippen LogP contribution is 2.36. The third kappa shape index (κ3) is 2.32. The third-order valence-corrected chi connectivity index (χ3v) is 3.59. The predicted molar refractivity (Wildman–Crippen MR) is 76.0 cm³/mol. The van der Waals surface area contributed by atoms with Crippen LogP contribution in [0.25, 0.3) is 0 Å². The Morgan fingerprint density at radius 1 is 0.958 bits per heavy atom. The molecule has 5 nitrogen and oxygen atoms in total. The van der Waals surface area contributed by atoms with Crippen molar-refractivity contribution in [3.05, 3.63) is 64.7 Å². The first-order valence-corrected chi connectivity index (χ1v) is 6.64. The number of nitrogens with zero attached hydrogens (tertiary/aromatic N) is 1. The summed E-state index contributed by atoms with van der Waals surface area (Å²) in [5, 5.41) is 9.18. The van der Waals surface area contributed by atoms with Crippen LogP contribution in [-0.2, 0) is 6.18 Å². The number of imide groups is 1. The average Bonchev–Trinajstić information content (AvgIpc) is 2.78. The van der Waals surface area contributed by atoms with Gasteiger partial charge in [-0.05, 0) is 30.3 Å². The second kappa shape index (κ2) is 5.19. The Morgan fingerprint density at radius 3 is 1.96 bits per heavy atom. The SMILES string of the molecule is O=C(O)c1ccc(C(F)(F)F)cc1N1C(=O)c2ccccc2C1=O. The van der Waals surface area contributed by atoms with Gasteiger partial charge in [-0.25, -0.2) is 9.69 Å². The normalized spacial score (nSPS) is 14.0. The van der Waals surface area contributed by atoms with E-state index in [1.54, 1.807) is 0 Å². The van der Waals surface area contributed by atoms with Crippen molar-refractivity contribution < 1.29 is 32.7 Å². The van der Waals surface area contributed by atoms with Gasteiger partial charge in [-0.2, -0.15) is 13.2 Å². The predicted octanol–water partition coefficient (Wildman–Crippen LogP) is 3.20. The number of anilines is 1. The largest absolute Gasteiger partial charge is 0.478 e. The van der Waals surface area contributed by atoms with Gasteiger partial charge in [-0.15, -0.1) is 0 Å². The summed E-state index contributed by atoms with van der Waals surface area (Å²) >= 11 is 0. The molecule has 122 valence electrons. The molecule has 1 heterocycles. The van der Waals surface area contributed by atoms with Gasteiger partial charge in [0.2, 0.25) is 0 Å². The van der Waals surface area contributed by atoms with Gasteiger partial charge < -0.3 is 5.11 Å². The molecule has 0 atom stereocenters. The van der Waals surface area contributed by atoms with Gasteiger partial charge in [-0.1, -0.05) is 12.1 Å². The molecule has 0 bridgehead atoms. The first kappa shape index (κ1) is 15.7. The number of hydrogen-bond donors (Lipinski definition) is 1. The Morgan fingerprint density at radius 2 is 1.50 bits per heavy atom. The van der Waals surface area contributed by atoms with Crippen LogP contribution in [0.15, 0.2) is 42.5 Å². The van der Waals surface area contributed by atoms with E-state index in [0.29, 0.717) is 17.0 Å². The van der Waals surface area contributed by atoms with Gasteiger partial charge in [0.15, 0.2) is 0 Å². The zero-order valence-electron chi connectivity index (χ0n) is 11.8. The van der Waals surface area contributed by atoms with E-state index in [1.807, 2.05) is 0 Å². The molecule has 1 N–H and O–H groups in total. The topological polar surface area (TPSA) is 74.7 Å². The maximum atomic E-state index is 12.9. The molecule has 3 rings (SSSR count). The van der Waals surface area contributed by atoms with Crippen molar-refractivity contribution >= 4 is 23.5 Å². The van der Waals surface area contributed by atoms with E-state index in [0.717, 1.165) is 6.07 Å². The molecular formula is C16H8F3NO4. The van der Waals surface area contributed by atoms with Crippen LogP contribution in [0.3, 0.4) is 0 Å². The second-order valence-corrected chi connectivity index (χ2v) is 5.03. The third-order valence-electron chi connectivity index (χ3n) is 3.59. The van der Waals surface area contributed by atoms with Crippen LogP contribution in [0.1, 0.15) is 36.6 Å². The fourth-order valence-corrected chi connectivity index (χ4v) is 2.48. The summed E-state index contributed by atoms with van der Waals surface area (Å²) in [7, 11) is 0. The molecule has 24 heavy (non-hydrogen) atoms. The summed E-state index contributed by atoms with van der Waals surface area (Å²) in [6.07, 6.45) is -4.75. The number of carboxylic acid groups (broad SMARTS) is 1. The molecule has 1 aliphatic heterocycles. The molecule has 0 unspecified atom stereocenters. The average molecular weight is 335 g/mol. The van der Waals surface area contributed by atoms with Crippen LogP contribution in [0.4, 0.5) is 18.9 Å². The van der Waals surface area contributed by atoms with Crippen molar-refractivity contribution in [1.29, 1.82) is 0 Å². The first-order chi connectivity index (χ1) is 11.2. The summed E-state index contributed by atoms with van der Waals surface area (Å²) in [4.78, 5) is 36.5. The van der Waals surface area contributed by atoms with Gasteiger partial charge in [0.25, 0.3) is 11.8 Å². The van der Waals surface area contributed by atoms with Gasteiger partial charge >= 0.3 is 12.1 Å². The summed E-state index contributed by atoms with van der Waals surface area (Å²) in [5.41, 5.74) is -2.31. The highest BCUT2D eigenvalue weighted by atomic mass is 19.4. The van der Waals surface area contributed by atoms with Crippen LogP contribution in [0.2, 0.25) is 0 Å². The molecule has 0 saturated heterocycles. The molecule has 1 aliphatic rings. The minimum Gasteiger partial charge on any atom is -0.478 e. The lowest BCUT2D eigenvalue weighted by Crippen LogP contribution is -2.31. The molecule has 0 saturated carbocycles. The van der Waals surface area contributed by atoms with Gasteiger partial charge in [0, 0.05) is 0 Å². The number of alkyl halides is 3. The molecule has 2 aromatic rings. The molecule has 0 radical (unpaired) electrons. The number of carbonyl (C=O) groups excluding carboxylic acids is 2. The van der Waals surface area contributed by atoms with Crippen LogP contribution < -0.4 is 4.90 Å². The van der Waals surface area contributed by atoms with E-state index in [9.17, 15) is 32.7 Å². The van der Waals surface area contributed by atoms with E-state index in [1.165, 1.54) is 24.3 Å². The number of aromatic carboxylic acids is 1. The van der Waals surface area contributed by atoms with E-state index >= 15 is 0 Å². The quantitative estimate of drug-likeness (QED) is 0.855. The van der Waals surface area contributed by atoms with Gasteiger partial charge in [-0.3, -0.25) is 9.59 Å². The Balaban J connectivity index is 2.21. The fourth-order valence-electron chi connectivity index (χ4n) is 2.48. The number of carboxylic acids is 1. The minimum absolute atomic E-state index is 0.0104. The van der Waals surface area contributed by atoms with Crippen LogP contribution in [0, 0.1) is 0 Å². The number of benzene rings is 2. The zero-order chi connectivity index (χ0) is 17.6. The van der Waals surface area contributed by atoms with Crippen LogP contribution in [-0.4, -0.2) is 22.9 Å². The lowest BCUT2D eigenvalue weighted by atomic mass is 10.1. The summed E-state index contributed by atoms with van der Waals surface area (Å²) < 4.78 is 38.7. The monoisotopic (exact) mass is 335 g/mol. The fraction of sp³-hybridized carbons (Fsp3) is 0.0625. The smallest absolute Gasteiger partial charge is 0.416 e. The van der Waals surface area contributed by atoms with E-state index in [-0.39, 0.29) is 11.1 Å². The molecule has 0 aliphatic carbocycles. The molecule has 0 spiro atoms. The Labute approximate surface area is 132 Å². The second-order valence-electron chi connectivity index (χ2n) is 5.03. The van der Waals surface area contributed by atoms with E-state index in [4.69, 9.17) is 0 Å². The number of amides is 2. The maximum absolute atomic E-state index is 12.9. The Kier molecular flexibility index (Phi) is 3.40. The van der Waals surface area contributed by atoms with Crippen molar-refractivity contribution in [2.24, 2.45) is 0 Å². The number of rotatable bonds is 2. The Hall–Kier alpha value is -3.16. The van der Waals surface area contributed by atoms with E-state index in [2.05, 4.69) is 0 Å². The van der Waals surface area contributed by atoms with Crippen LogP contribution >= 0.6 is 0 Å². The van der Waals surface area contributed by atoms with E-state index < -0.39 is 40.8 Å². The molecule has 2 aromatic carbocycles. The number of hydrogen-bond acceptors (Lipinski definition) is 3. The van der Waals surface area contributed by atoms with Crippen molar-refractivity contribution in [2.75, 3.05) is 4.90 Å². The number of carbonyl (C=O) groups is 3. The lowest BCUT2D eigenvalue weighted by molar-refractivity contribution is -0.137. The van der Waals surface area contributed by atoms with Crippen molar-refractivity contribution in [2.45, 2.75) is 6.18 Å². The minimum atomic E-state index is -4.75. The number of halogens is 3. The van der Waals surface area contributed by atoms with Crippen molar-refractivity contribution in [1.82, 2.24) is 0 Å². The first-order valence-electron chi connectivity index (χ1n) is 6.64. The van der Waals surface area contributed by atoms with Gasteiger partial charge in [0.05, 0.1) is 27.9 Å². The maximum Gasteiger partial charge on any atom is 0.416 e. The molecular weight excluding hydrogens is 327 g/mol. The van der Waals surface area contributed by atoms with Crippen LogP contribution in [0.5, 0.6) is 0 Å².